The fraction of sp³-hybridized carbons (Fsp3) is 0.238. The molecule has 2 amide bonds. The molecule has 0 aromatic heterocycles. The second-order valence-electron chi connectivity index (χ2n) is 6.98. The Morgan fingerprint density at radius 1 is 1.20 bits per heavy atom. The summed E-state index contributed by atoms with van der Waals surface area (Å²) in [6.45, 7) is 3.34. The van der Waals surface area contributed by atoms with Crippen molar-refractivity contribution in [2.75, 3.05) is 11.6 Å². The zero-order valence-corrected chi connectivity index (χ0v) is 17.5. The first-order valence-corrected chi connectivity index (χ1v) is 10.1. The minimum atomic E-state index is -1.01. The Kier molecular flexibility index (Phi) is 7.85. The maximum absolute atomic E-state index is 13.9. The van der Waals surface area contributed by atoms with Crippen molar-refractivity contribution >= 4 is 29.4 Å². The Balaban J connectivity index is 2.29. The summed E-state index contributed by atoms with van der Waals surface area (Å²) in [5, 5.41) is 20.8. The van der Waals surface area contributed by atoms with Gasteiger partial charge in [-0.25, -0.2) is 14.7 Å². The van der Waals surface area contributed by atoms with E-state index in [0.29, 0.717) is 5.69 Å². The van der Waals surface area contributed by atoms with Crippen molar-refractivity contribution in [2.45, 2.75) is 24.8 Å². The van der Waals surface area contributed by atoms with Crippen molar-refractivity contribution < 1.29 is 29.0 Å². The van der Waals surface area contributed by atoms with Gasteiger partial charge in [-0.3, -0.25) is 15.3 Å². The lowest BCUT2D eigenvalue weighted by atomic mass is 9.82. The van der Waals surface area contributed by atoms with Gasteiger partial charge >= 0.3 is 6.09 Å². The molecular formula is C21H23FN2O5S. The first-order valence-electron chi connectivity index (χ1n) is 8.89. The number of rotatable bonds is 7. The summed E-state index contributed by atoms with van der Waals surface area (Å²) in [5.41, 5.74) is 1.29. The number of aromatic hydroxyl groups is 1. The van der Waals surface area contributed by atoms with E-state index in [9.17, 15) is 19.1 Å². The second kappa shape index (κ2) is 10.1. The first kappa shape index (κ1) is 23.2. The van der Waals surface area contributed by atoms with Crippen LogP contribution in [-0.4, -0.2) is 28.6 Å². The highest BCUT2D eigenvalue weighted by molar-refractivity contribution is 7.98. The predicted octanol–water partition coefficient (Wildman–Crippen LogP) is 4.63. The molecule has 30 heavy (non-hydrogen) atoms. The predicted molar refractivity (Wildman–Crippen MR) is 112 cm³/mol. The molecule has 0 heterocycles. The van der Waals surface area contributed by atoms with E-state index in [4.69, 9.17) is 9.94 Å². The zero-order valence-electron chi connectivity index (χ0n) is 16.7. The van der Waals surface area contributed by atoms with Crippen LogP contribution in [0.3, 0.4) is 0 Å². The molecule has 1 atom stereocenters. The van der Waals surface area contributed by atoms with Gasteiger partial charge in [0.1, 0.15) is 6.10 Å². The van der Waals surface area contributed by atoms with E-state index in [-0.39, 0.29) is 5.56 Å². The van der Waals surface area contributed by atoms with Gasteiger partial charge in [0.2, 0.25) is 0 Å². The molecule has 0 bridgehead atoms. The first-order chi connectivity index (χ1) is 14.2. The number of amides is 2. The van der Waals surface area contributed by atoms with Crippen molar-refractivity contribution in [3.05, 3.63) is 66.0 Å². The monoisotopic (exact) mass is 434 g/mol. The summed E-state index contributed by atoms with van der Waals surface area (Å²) < 4.78 is 19.5. The number of hydrogen-bond donors (Lipinski definition) is 4. The number of halogens is 1. The molecule has 0 radical (unpaired) electrons. The molecule has 0 fully saturated rings. The van der Waals surface area contributed by atoms with E-state index < -0.39 is 35.1 Å². The van der Waals surface area contributed by atoms with Gasteiger partial charge in [0, 0.05) is 22.1 Å². The number of benzene rings is 2. The third-order valence-corrected chi connectivity index (χ3v) is 5.03. The molecule has 2 rings (SSSR count). The molecule has 4 N–H and O–H groups in total. The van der Waals surface area contributed by atoms with E-state index in [2.05, 4.69) is 5.32 Å². The van der Waals surface area contributed by atoms with Gasteiger partial charge in [-0.1, -0.05) is 26.0 Å². The van der Waals surface area contributed by atoms with Crippen LogP contribution < -0.4 is 10.8 Å². The number of thioether (sulfide) groups is 1. The molecule has 2 aromatic carbocycles. The van der Waals surface area contributed by atoms with Gasteiger partial charge < -0.3 is 9.84 Å². The number of hydrogen-bond acceptors (Lipinski definition) is 6. The highest BCUT2D eigenvalue weighted by Gasteiger charge is 2.33. The van der Waals surface area contributed by atoms with Crippen LogP contribution in [0.1, 0.15) is 25.5 Å². The van der Waals surface area contributed by atoms with Crippen LogP contribution in [0, 0.1) is 11.2 Å². The lowest BCUT2D eigenvalue weighted by molar-refractivity contribution is -0.124. The maximum atomic E-state index is 13.9. The average Bonchev–Trinajstić information content (AvgIpc) is 2.73. The summed E-state index contributed by atoms with van der Waals surface area (Å²) in [4.78, 5) is 24.9. The second-order valence-corrected chi connectivity index (χ2v) is 7.86. The number of anilines is 1. The zero-order chi connectivity index (χ0) is 22.3. The van der Waals surface area contributed by atoms with Crippen molar-refractivity contribution in [2.24, 2.45) is 5.41 Å². The van der Waals surface area contributed by atoms with E-state index >= 15 is 0 Å². The van der Waals surface area contributed by atoms with Crippen molar-refractivity contribution in [1.82, 2.24) is 5.48 Å². The molecule has 160 valence electrons. The number of carbonyl (C=O) groups is 2. The molecule has 0 aliphatic carbocycles. The van der Waals surface area contributed by atoms with Gasteiger partial charge in [-0.15, -0.1) is 11.8 Å². The van der Waals surface area contributed by atoms with E-state index in [1.54, 1.807) is 37.7 Å². The highest BCUT2D eigenvalue weighted by atomic mass is 32.2. The number of carbonyl (C=O) groups excluding carboxylic acids is 2. The third-order valence-electron chi connectivity index (χ3n) is 4.29. The topological polar surface area (TPSA) is 108 Å². The van der Waals surface area contributed by atoms with Gasteiger partial charge in [0.05, 0.1) is 0 Å². The minimum Gasteiger partial charge on any atom is -0.505 e. The summed E-state index contributed by atoms with van der Waals surface area (Å²) in [5.74, 6) is -2.18. The molecular weight excluding hydrogens is 411 g/mol. The lowest BCUT2D eigenvalue weighted by Gasteiger charge is -2.31. The molecule has 0 spiro atoms. The van der Waals surface area contributed by atoms with E-state index in [1.165, 1.54) is 17.6 Å². The van der Waals surface area contributed by atoms with Gasteiger partial charge in [-0.05, 0) is 48.2 Å². The number of phenols is 1. The Labute approximate surface area is 177 Å². The maximum Gasteiger partial charge on any atom is 0.412 e. The normalized spacial score (nSPS) is 12.4. The van der Waals surface area contributed by atoms with Gasteiger partial charge in [0.25, 0.3) is 5.91 Å². The number of nitrogens with one attached hydrogen (secondary N) is 2. The SMILES string of the molecule is CSc1ccc(NC(=O)O[C@H](c2ccc(O)c(F)c2)C(C)(C)/C=C/C(=O)NO)cc1. The average molecular weight is 434 g/mol. The smallest absolute Gasteiger partial charge is 0.412 e. The Hall–Kier alpha value is -3.04. The van der Waals surface area contributed by atoms with Gasteiger partial charge in [-0.2, -0.15) is 0 Å². The van der Waals surface area contributed by atoms with Crippen LogP contribution in [-0.2, 0) is 9.53 Å². The van der Waals surface area contributed by atoms with Crippen molar-refractivity contribution in [3.63, 3.8) is 0 Å². The lowest BCUT2D eigenvalue weighted by Crippen LogP contribution is -2.28. The minimum absolute atomic E-state index is 0.275. The van der Waals surface area contributed by atoms with Crippen LogP contribution in [0.25, 0.3) is 0 Å². The van der Waals surface area contributed by atoms with Crippen molar-refractivity contribution in [1.29, 1.82) is 0 Å². The molecule has 2 aromatic rings. The summed E-state index contributed by atoms with van der Waals surface area (Å²) in [6, 6.07) is 10.8. The number of hydroxylamine groups is 1. The van der Waals surface area contributed by atoms with Crippen LogP contribution in [0.4, 0.5) is 14.9 Å². The van der Waals surface area contributed by atoms with E-state index in [1.807, 2.05) is 18.4 Å². The van der Waals surface area contributed by atoms with Crippen LogP contribution >= 0.6 is 11.8 Å². The number of ether oxygens (including phenoxy) is 1. The number of phenolic OH excluding ortho intramolecular Hbond substituents is 1. The standard InChI is InChI=1S/C21H23FN2O5S/c1-21(2,11-10-18(26)24-28)19(13-4-9-17(25)16(22)12-13)29-20(27)23-14-5-7-15(30-3)8-6-14/h4-12,19,25,28H,1-3H3,(H,23,27)(H,24,26)/b11-10+/t19-/m1/s1. The molecule has 7 nitrogen and oxygen atoms in total. The third kappa shape index (κ3) is 6.23. The summed E-state index contributed by atoms with van der Waals surface area (Å²) >= 11 is 1.56. The van der Waals surface area contributed by atoms with Crippen LogP contribution in [0.2, 0.25) is 0 Å². The van der Waals surface area contributed by atoms with Crippen LogP contribution in [0.5, 0.6) is 5.75 Å². The Morgan fingerprint density at radius 2 is 1.87 bits per heavy atom. The molecule has 0 aliphatic heterocycles. The Bertz CT molecular complexity index is 931. The molecule has 0 saturated heterocycles. The van der Waals surface area contributed by atoms with Gasteiger partial charge in [0.15, 0.2) is 11.6 Å². The molecule has 0 saturated carbocycles. The molecule has 0 aliphatic rings. The quantitative estimate of drug-likeness (QED) is 0.219. The largest absolute Gasteiger partial charge is 0.505 e. The molecule has 9 heteroatoms. The fourth-order valence-electron chi connectivity index (χ4n) is 2.68. The van der Waals surface area contributed by atoms with Crippen LogP contribution in [0.15, 0.2) is 59.5 Å². The Morgan fingerprint density at radius 3 is 2.43 bits per heavy atom. The van der Waals surface area contributed by atoms with Crippen molar-refractivity contribution in [3.8, 4) is 5.75 Å². The van der Waals surface area contributed by atoms with E-state index in [0.717, 1.165) is 23.1 Å². The summed E-state index contributed by atoms with van der Waals surface area (Å²) in [7, 11) is 0. The molecule has 0 unspecified atom stereocenters. The summed E-state index contributed by atoms with van der Waals surface area (Å²) in [6.07, 6.45) is 2.64. The highest BCUT2D eigenvalue weighted by Crippen LogP contribution is 2.39. The fourth-order valence-corrected chi connectivity index (χ4v) is 3.09.